The van der Waals surface area contributed by atoms with Crippen molar-refractivity contribution in [3.05, 3.63) is 89.2 Å². The lowest BCUT2D eigenvalue weighted by molar-refractivity contribution is -0.137. The highest BCUT2D eigenvalue weighted by Gasteiger charge is 2.35. The second-order valence-electron chi connectivity index (χ2n) is 9.39. The number of halogens is 1. The van der Waals surface area contributed by atoms with Crippen molar-refractivity contribution in [2.24, 2.45) is 4.99 Å². The van der Waals surface area contributed by atoms with Crippen LogP contribution in [0.1, 0.15) is 42.4 Å². The Labute approximate surface area is 226 Å². The number of aryl methyl sites for hydroxylation is 1. The molecule has 0 spiro atoms. The van der Waals surface area contributed by atoms with Crippen LogP contribution < -0.4 is 15.5 Å². The normalized spacial score (nSPS) is 14.6. The van der Waals surface area contributed by atoms with Gasteiger partial charge in [-0.05, 0) is 79.5 Å². The van der Waals surface area contributed by atoms with E-state index in [1.165, 1.54) is 19.1 Å². The van der Waals surface area contributed by atoms with E-state index in [1.807, 2.05) is 43.4 Å². The first kappa shape index (κ1) is 27.7. The molecule has 9 heteroatoms. The number of hydrogen-bond donors (Lipinski definition) is 3. The number of carboxylic acid groups (broad SMARTS) is 1. The van der Waals surface area contributed by atoms with Gasteiger partial charge in [0.15, 0.2) is 0 Å². The maximum atomic E-state index is 13.9. The average Bonchev–Trinajstić information content (AvgIpc) is 3.23. The molecule has 0 fully saturated rings. The van der Waals surface area contributed by atoms with Gasteiger partial charge in [-0.25, -0.2) is 4.39 Å². The third kappa shape index (κ3) is 6.74. The Balaban J connectivity index is 1.70. The van der Waals surface area contributed by atoms with E-state index in [1.54, 1.807) is 23.1 Å². The Morgan fingerprint density at radius 3 is 2.44 bits per heavy atom. The number of fused-ring (bicyclic) bond motifs is 1. The quantitative estimate of drug-likeness (QED) is 0.247. The molecule has 1 unspecified atom stereocenters. The SMILES string of the molecule is CNCCCN(C(C)=O)c1ccc(N=C(c2ccc(CCC(=O)O)cc2)C2C(=O)Nc3cc(F)ccc32)cc1. The van der Waals surface area contributed by atoms with E-state index < -0.39 is 17.7 Å². The van der Waals surface area contributed by atoms with E-state index in [0.717, 1.165) is 24.2 Å². The third-order valence-corrected chi connectivity index (χ3v) is 6.60. The molecule has 4 rings (SSSR count). The van der Waals surface area contributed by atoms with Gasteiger partial charge in [-0.3, -0.25) is 19.4 Å². The van der Waals surface area contributed by atoms with Gasteiger partial charge in [0.1, 0.15) is 11.7 Å². The molecule has 1 heterocycles. The standard InChI is InChI=1S/C30H31FN4O4/c1-19(36)35(17-3-16-32-2)24-12-10-23(11-13-24)33-29(21-7-4-20(5-8-21)6-15-27(37)38)28-25-14-9-22(31)18-26(25)34-30(28)39/h4-5,7-14,18,28,32H,3,6,15-17H2,1-2H3,(H,34,39)(H,37,38). The molecule has 0 aliphatic carbocycles. The summed E-state index contributed by atoms with van der Waals surface area (Å²) in [6.07, 6.45) is 1.21. The molecular weight excluding hydrogens is 499 g/mol. The molecular formula is C30H31FN4O4. The number of rotatable bonds is 11. The molecule has 3 aromatic rings. The van der Waals surface area contributed by atoms with E-state index in [2.05, 4.69) is 10.6 Å². The van der Waals surface area contributed by atoms with Crippen LogP contribution in [0, 0.1) is 5.82 Å². The van der Waals surface area contributed by atoms with Gasteiger partial charge < -0.3 is 20.6 Å². The van der Waals surface area contributed by atoms with E-state index >= 15 is 0 Å². The zero-order valence-corrected chi connectivity index (χ0v) is 21.9. The Kier molecular flexibility index (Phi) is 8.83. The number of anilines is 2. The van der Waals surface area contributed by atoms with E-state index in [0.29, 0.717) is 41.2 Å². The number of amides is 2. The molecule has 2 amide bonds. The average molecular weight is 531 g/mol. The lowest BCUT2D eigenvalue weighted by atomic mass is 9.90. The van der Waals surface area contributed by atoms with Crippen LogP contribution in [0.15, 0.2) is 71.7 Å². The molecule has 0 bridgehead atoms. The molecule has 39 heavy (non-hydrogen) atoms. The highest BCUT2D eigenvalue weighted by atomic mass is 19.1. The maximum Gasteiger partial charge on any atom is 0.303 e. The first-order valence-corrected chi connectivity index (χ1v) is 12.8. The fourth-order valence-electron chi connectivity index (χ4n) is 4.62. The number of nitrogens with one attached hydrogen (secondary N) is 2. The van der Waals surface area contributed by atoms with Crippen LogP contribution in [0.2, 0.25) is 0 Å². The van der Waals surface area contributed by atoms with E-state index in [9.17, 15) is 18.8 Å². The minimum absolute atomic E-state index is 0.0167. The highest BCUT2D eigenvalue weighted by molar-refractivity contribution is 6.24. The third-order valence-electron chi connectivity index (χ3n) is 6.60. The summed E-state index contributed by atoms with van der Waals surface area (Å²) < 4.78 is 13.9. The molecule has 0 saturated heterocycles. The minimum Gasteiger partial charge on any atom is -0.481 e. The van der Waals surface area contributed by atoms with Gasteiger partial charge in [-0.2, -0.15) is 0 Å². The molecule has 3 aromatic carbocycles. The van der Waals surface area contributed by atoms with Gasteiger partial charge in [0, 0.05) is 31.3 Å². The van der Waals surface area contributed by atoms with Crippen LogP contribution in [-0.4, -0.2) is 48.7 Å². The van der Waals surface area contributed by atoms with Crippen LogP contribution in [0.3, 0.4) is 0 Å². The van der Waals surface area contributed by atoms with Crippen LogP contribution >= 0.6 is 0 Å². The molecule has 202 valence electrons. The summed E-state index contributed by atoms with van der Waals surface area (Å²) in [6.45, 7) is 2.90. The van der Waals surface area contributed by atoms with Gasteiger partial charge in [0.25, 0.3) is 0 Å². The zero-order valence-electron chi connectivity index (χ0n) is 21.9. The lowest BCUT2D eigenvalue weighted by Crippen LogP contribution is -2.31. The van der Waals surface area contributed by atoms with Crippen molar-refractivity contribution in [1.29, 1.82) is 0 Å². The van der Waals surface area contributed by atoms with Crippen molar-refractivity contribution in [1.82, 2.24) is 5.32 Å². The van der Waals surface area contributed by atoms with Gasteiger partial charge >= 0.3 is 5.97 Å². The van der Waals surface area contributed by atoms with Crippen molar-refractivity contribution >= 4 is 40.6 Å². The number of carbonyl (C=O) groups is 3. The first-order chi connectivity index (χ1) is 18.8. The van der Waals surface area contributed by atoms with Crippen molar-refractivity contribution in [3.8, 4) is 0 Å². The van der Waals surface area contributed by atoms with Crippen molar-refractivity contribution in [2.45, 2.75) is 32.1 Å². The van der Waals surface area contributed by atoms with E-state index in [-0.39, 0.29) is 18.2 Å². The van der Waals surface area contributed by atoms with Gasteiger partial charge in [0.05, 0.1) is 11.4 Å². The maximum absolute atomic E-state index is 13.9. The number of aliphatic carboxylic acids is 1. The molecule has 3 N–H and O–H groups in total. The fourth-order valence-corrected chi connectivity index (χ4v) is 4.62. The van der Waals surface area contributed by atoms with Crippen LogP contribution in [0.5, 0.6) is 0 Å². The Bertz CT molecular complexity index is 1390. The summed E-state index contributed by atoms with van der Waals surface area (Å²) in [5.74, 6) is -2.45. The Morgan fingerprint density at radius 2 is 1.79 bits per heavy atom. The molecule has 8 nitrogen and oxygen atoms in total. The predicted molar refractivity (Wildman–Crippen MR) is 149 cm³/mol. The first-order valence-electron chi connectivity index (χ1n) is 12.8. The minimum atomic E-state index is -0.874. The highest BCUT2D eigenvalue weighted by Crippen LogP contribution is 2.37. The van der Waals surface area contributed by atoms with Gasteiger partial charge in [0.2, 0.25) is 11.8 Å². The summed E-state index contributed by atoms with van der Waals surface area (Å²) in [5.41, 5.74) is 4.39. The van der Waals surface area contributed by atoms with Gasteiger partial charge in [-0.1, -0.05) is 30.3 Å². The largest absolute Gasteiger partial charge is 0.481 e. The monoisotopic (exact) mass is 530 g/mol. The van der Waals surface area contributed by atoms with Crippen molar-refractivity contribution in [2.75, 3.05) is 30.4 Å². The summed E-state index contributed by atoms with van der Waals surface area (Å²) in [4.78, 5) is 42.9. The molecule has 0 aromatic heterocycles. The Morgan fingerprint density at radius 1 is 1.08 bits per heavy atom. The van der Waals surface area contributed by atoms with Crippen molar-refractivity contribution in [3.63, 3.8) is 0 Å². The number of nitrogens with zero attached hydrogens (tertiary/aromatic N) is 2. The Hall–Kier alpha value is -4.37. The second-order valence-corrected chi connectivity index (χ2v) is 9.39. The predicted octanol–water partition coefficient (Wildman–Crippen LogP) is 4.66. The summed E-state index contributed by atoms with van der Waals surface area (Å²) >= 11 is 0. The topological polar surface area (TPSA) is 111 Å². The number of aliphatic imine (C=N–C) groups is 1. The number of hydrogen-bond acceptors (Lipinski definition) is 5. The molecule has 1 aliphatic rings. The van der Waals surface area contributed by atoms with Crippen LogP contribution in [0.25, 0.3) is 0 Å². The summed E-state index contributed by atoms with van der Waals surface area (Å²) in [5, 5.41) is 14.8. The van der Waals surface area contributed by atoms with Crippen LogP contribution in [0.4, 0.5) is 21.5 Å². The lowest BCUT2D eigenvalue weighted by Gasteiger charge is -2.21. The van der Waals surface area contributed by atoms with Crippen LogP contribution in [-0.2, 0) is 20.8 Å². The number of benzene rings is 3. The van der Waals surface area contributed by atoms with E-state index in [4.69, 9.17) is 10.1 Å². The van der Waals surface area contributed by atoms with Crippen molar-refractivity contribution < 1.29 is 23.9 Å². The fraction of sp³-hybridized carbons (Fsp3) is 0.267. The molecule has 1 aliphatic heterocycles. The zero-order chi connectivity index (χ0) is 27.9. The number of carbonyl (C=O) groups excluding carboxylic acids is 2. The smallest absolute Gasteiger partial charge is 0.303 e. The second kappa shape index (κ2) is 12.4. The summed E-state index contributed by atoms with van der Waals surface area (Å²) in [6, 6.07) is 18.7. The molecule has 0 saturated carbocycles. The molecule has 1 atom stereocenters. The molecule has 0 radical (unpaired) electrons. The summed E-state index contributed by atoms with van der Waals surface area (Å²) in [7, 11) is 1.87. The number of carboxylic acids is 1. The van der Waals surface area contributed by atoms with Gasteiger partial charge in [-0.15, -0.1) is 0 Å².